The van der Waals surface area contributed by atoms with Crippen LogP contribution < -0.4 is 5.32 Å². The lowest BCUT2D eigenvalue weighted by Gasteiger charge is -2.31. The maximum absolute atomic E-state index is 12.8. The first-order valence-corrected chi connectivity index (χ1v) is 8.79. The van der Waals surface area contributed by atoms with Crippen LogP contribution in [0.4, 0.5) is 0 Å². The van der Waals surface area contributed by atoms with E-state index in [4.69, 9.17) is 0 Å². The summed E-state index contributed by atoms with van der Waals surface area (Å²) in [5.41, 5.74) is 2.80. The zero-order valence-corrected chi connectivity index (χ0v) is 15.1. The normalized spacial score (nSPS) is 23.3. The molecule has 1 atom stereocenters. The van der Waals surface area contributed by atoms with E-state index < -0.39 is 23.8 Å². The standard InChI is InChI=1S/C19H21N3O4/c1-19(2,3)21-8-10-6-12-13(7-11(10)9-21)18(26)22(17(12)25)14-4-5-15(23)20-16(14)24/h6-7,14H,4-5,8-9H2,1-3H3,(H,20,23,24). The monoisotopic (exact) mass is 355 g/mol. The van der Waals surface area contributed by atoms with E-state index >= 15 is 0 Å². The minimum Gasteiger partial charge on any atom is -0.295 e. The third-order valence-electron chi connectivity index (χ3n) is 5.43. The maximum atomic E-state index is 12.8. The molecule has 1 fully saturated rings. The molecule has 1 saturated heterocycles. The average Bonchev–Trinajstić information content (AvgIpc) is 3.07. The van der Waals surface area contributed by atoms with Crippen molar-refractivity contribution in [3.05, 3.63) is 34.4 Å². The Balaban J connectivity index is 1.66. The predicted molar refractivity (Wildman–Crippen MR) is 92.1 cm³/mol. The van der Waals surface area contributed by atoms with Crippen molar-refractivity contribution in [1.82, 2.24) is 15.1 Å². The summed E-state index contributed by atoms with van der Waals surface area (Å²) in [7, 11) is 0. The molecule has 0 saturated carbocycles. The first-order chi connectivity index (χ1) is 12.2. The highest BCUT2D eigenvalue weighted by molar-refractivity contribution is 6.23. The highest BCUT2D eigenvalue weighted by Crippen LogP contribution is 2.35. The number of amides is 4. The zero-order valence-electron chi connectivity index (χ0n) is 15.1. The van der Waals surface area contributed by atoms with E-state index in [2.05, 4.69) is 31.0 Å². The molecule has 3 heterocycles. The molecular formula is C19H21N3O4. The van der Waals surface area contributed by atoms with E-state index in [9.17, 15) is 19.2 Å². The molecule has 4 rings (SSSR count). The van der Waals surface area contributed by atoms with Crippen molar-refractivity contribution in [1.29, 1.82) is 0 Å². The maximum Gasteiger partial charge on any atom is 0.262 e. The minimum absolute atomic E-state index is 0.00373. The van der Waals surface area contributed by atoms with Crippen LogP contribution in [0.5, 0.6) is 0 Å². The third kappa shape index (κ3) is 2.46. The van der Waals surface area contributed by atoms with Gasteiger partial charge in [-0.25, -0.2) is 0 Å². The lowest BCUT2D eigenvalue weighted by molar-refractivity contribution is -0.136. The largest absolute Gasteiger partial charge is 0.295 e. The molecule has 7 nitrogen and oxygen atoms in total. The number of hydrogen-bond acceptors (Lipinski definition) is 5. The Morgan fingerprint density at radius 1 is 0.962 bits per heavy atom. The number of nitrogens with one attached hydrogen (secondary N) is 1. The van der Waals surface area contributed by atoms with Crippen LogP contribution in [-0.2, 0) is 22.7 Å². The molecule has 0 aromatic heterocycles. The molecule has 0 radical (unpaired) electrons. The molecule has 26 heavy (non-hydrogen) atoms. The Kier molecular flexibility index (Phi) is 3.56. The second-order valence-electron chi connectivity index (χ2n) is 8.14. The second kappa shape index (κ2) is 5.48. The number of nitrogens with zero attached hydrogens (tertiary/aromatic N) is 2. The highest BCUT2D eigenvalue weighted by atomic mass is 16.2. The molecule has 1 N–H and O–H groups in total. The fraction of sp³-hybridized carbons (Fsp3) is 0.474. The predicted octanol–water partition coefficient (Wildman–Crippen LogP) is 1.20. The number of rotatable bonds is 1. The first-order valence-electron chi connectivity index (χ1n) is 8.79. The van der Waals surface area contributed by atoms with Crippen molar-refractivity contribution in [2.75, 3.05) is 0 Å². The van der Waals surface area contributed by atoms with E-state index in [0.717, 1.165) is 29.1 Å². The van der Waals surface area contributed by atoms with Crippen molar-refractivity contribution in [3.63, 3.8) is 0 Å². The van der Waals surface area contributed by atoms with Crippen molar-refractivity contribution in [2.45, 2.75) is 58.3 Å². The molecule has 4 amide bonds. The zero-order chi connectivity index (χ0) is 18.8. The van der Waals surface area contributed by atoms with E-state index in [-0.39, 0.29) is 24.3 Å². The van der Waals surface area contributed by atoms with Crippen LogP contribution in [-0.4, -0.2) is 45.0 Å². The van der Waals surface area contributed by atoms with Gasteiger partial charge in [-0.15, -0.1) is 0 Å². The Morgan fingerprint density at radius 2 is 1.50 bits per heavy atom. The molecule has 3 aliphatic heterocycles. The van der Waals surface area contributed by atoms with Crippen LogP contribution in [0, 0.1) is 0 Å². The van der Waals surface area contributed by atoms with Gasteiger partial charge in [0.15, 0.2) is 0 Å². The second-order valence-corrected chi connectivity index (χ2v) is 8.14. The van der Waals surface area contributed by atoms with Gasteiger partial charge in [0, 0.05) is 25.0 Å². The minimum atomic E-state index is -0.916. The molecular weight excluding hydrogens is 334 g/mol. The number of hydrogen-bond donors (Lipinski definition) is 1. The van der Waals surface area contributed by atoms with Crippen LogP contribution in [0.25, 0.3) is 0 Å². The Bertz CT molecular complexity index is 823. The van der Waals surface area contributed by atoms with E-state index in [1.807, 2.05) is 0 Å². The number of carbonyl (C=O) groups is 4. The quantitative estimate of drug-likeness (QED) is 0.765. The SMILES string of the molecule is CC(C)(C)N1Cc2cc3c(cc2C1)C(=O)N(C1CCC(=O)NC1=O)C3=O. The number of carbonyl (C=O) groups excluding carboxylic acids is 4. The van der Waals surface area contributed by atoms with Gasteiger partial charge < -0.3 is 0 Å². The van der Waals surface area contributed by atoms with Gasteiger partial charge in [-0.3, -0.25) is 34.3 Å². The Labute approximate surface area is 151 Å². The average molecular weight is 355 g/mol. The van der Waals surface area contributed by atoms with Crippen molar-refractivity contribution >= 4 is 23.6 Å². The molecule has 1 unspecified atom stereocenters. The van der Waals surface area contributed by atoms with E-state index in [1.165, 1.54) is 0 Å². The Morgan fingerprint density at radius 3 is 1.96 bits per heavy atom. The molecule has 0 bridgehead atoms. The molecule has 1 aromatic carbocycles. The smallest absolute Gasteiger partial charge is 0.262 e. The number of piperidine rings is 1. The van der Waals surface area contributed by atoms with Gasteiger partial charge in [0.2, 0.25) is 11.8 Å². The molecule has 0 aliphatic carbocycles. The van der Waals surface area contributed by atoms with Gasteiger partial charge in [-0.05, 0) is 50.5 Å². The molecule has 1 aromatic rings. The van der Waals surface area contributed by atoms with Gasteiger partial charge in [0.05, 0.1) is 11.1 Å². The van der Waals surface area contributed by atoms with Gasteiger partial charge in [0.25, 0.3) is 11.8 Å². The van der Waals surface area contributed by atoms with Gasteiger partial charge in [-0.1, -0.05) is 0 Å². The first kappa shape index (κ1) is 16.9. The Hall–Kier alpha value is -2.54. The summed E-state index contributed by atoms with van der Waals surface area (Å²) in [6, 6.07) is 2.67. The summed E-state index contributed by atoms with van der Waals surface area (Å²) >= 11 is 0. The van der Waals surface area contributed by atoms with Gasteiger partial charge >= 0.3 is 0 Å². The van der Waals surface area contributed by atoms with Crippen LogP contribution in [0.2, 0.25) is 0 Å². The number of fused-ring (bicyclic) bond motifs is 2. The molecule has 136 valence electrons. The van der Waals surface area contributed by atoms with Crippen LogP contribution in [0.1, 0.15) is 65.5 Å². The molecule has 7 heteroatoms. The third-order valence-corrected chi connectivity index (χ3v) is 5.43. The number of benzene rings is 1. The van der Waals surface area contributed by atoms with E-state index in [1.54, 1.807) is 12.1 Å². The fourth-order valence-electron chi connectivity index (χ4n) is 3.84. The van der Waals surface area contributed by atoms with Gasteiger partial charge in [-0.2, -0.15) is 0 Å². The van der Waals surface area contributed by atoms with Gasteiger partial charge in [0.1, 0.15) is 6.04 Å². The summed E-state index contributed by atoms with van der Waals surface area (Å²) < 4.78 is 0. The summed E-state index contributed by atoms with van der Waals surface area (Å²) in [4.78, 5) is 52.4. The van der Waals surface area contributed by atoms with Crippen molar-refractivity contribution in [2.24, 2.45) is 0 Å². The van der Waals surface area contributed by atoms with Crippen LogP contribution >= 0.6 is 0 Å². The van der Waals surface area contributed by atoms with Crippen LogP contribution in [0.3, 0.4) is 0 Å². The summed E-state index contributed by atoms with van der Waals surface area (Å²) in [6.45, 7) is 7.85. The lowest BCUT2D eigenvalue weighted by Crippen LogP contribution is -2.54. The molecule has 0 spiro atoms. The lowest BCUT2D eigenvalue weighted by atomic mass is 10.0. The highest BCUT2D eigenvalue weighted by Gasteiger charge is 2.45. The topological polar surface area (TPSA) is 86.8 Å². The fourth-order valence-corrected chi connectivity index (χ4v) is 3.84. The van der Waals surface area contributed by atoms with Crippen molar-refractivity contribution in [3.8, 4) is 0 Å². The summed E-state index contributed by atoms with van der Waals surface area (Å²) in [6.07, 6.45) is 0.300. The molecule has 3 aliphatic rings. The summed E-state index contributed by atoms with van der Waals surface area (Å²) in [5.74, 6) is -1.85. The van der Waals surface area contributed by atoms with Crippen LogP contribution in [0.15, 0.2) is 12.1 Å². The summed E-state index contributed by atoms with van der Waals surface area (Å²) in [5, 5.41) is 2.21. The van der Waals surface area contributed by atoms with Crippen molar-refractivity contribution < 1.29 is 19.2 Å². The number of imide groups is 2. The van der Waals surface area contributed by atoms with E-state index in [0.29, 0.717) is 11.1 Å².